The Morgan fingerprint density at radius 3 is 2.39 bits per heavy atom. The molecule has 1 aliphatic carbocycles. The summed E-state index contributed by atoms with van der Waals surface area (Å²) >= 11 is 0. The van der Waals surface area contributed by atoms with Gasteiger partial charge in [0.25, 0.3) is 0 Å². The molecule has 0 heterocycles. The topological polar surface area (TPSA) is 21.3 Å². The highest BCUT2D eigenvalue weighted by atomic mass is 16.5. The molecule has 0 atom stereocenters. The molecule has 1 fully saturated rings. The van der Waals surface area contributed by atoms with E-state index in [4.69, 9.17) is 4.74 Å². The van der Waals surface area contributed by atoms with E-state index < -0.39 is 0 Å². The average Bonchev–Trinajstić information content (AvgIpc) is 3.13. The van der Waals surface area contributed by atoms with Crippen LogP contribution in [-0.4, -0.2) is 13.2 Å². The van der Waals surface area contributed by atoms with E-state index in [0.29, 0.717) is 5.41 Å². The van der Waals surface area contributed by atoms with Crippen LogP contribution in [0.1, 0.15) is 39.2 Å². The molecule has 100 valence electrons. The van der Waals surface area contributed by atoms with Gasteiger partial charge in [-0.2, -0.15) is 0 Å². The molecule has 1 aromatic carbocycles. The van der Waals surface area contributed by atoms with E-state index in [0.717, 1.165) is 31.4 Å². The van der Waals surface area contributed by atoms with Gasteiger partial charge in [-0.25, -0.2) is 0 Å². The van der Waals surface area contributed by atoms with Gasteiger partial charge in [-0.1, -0.05) is 26.0 Å². The molecular weight excluding hydrogens is 222 g/mol. The van der Waals surface area contributed by atoms with Gasteiger partial charge in [0.15, 0.2) is 0 Å². The van der Waals surface area contributed by atoms with Crippen LogP contribution in [-0.2, 0) is 6.54 Å². The molecule has 2 heteroatoms. The first-order valence-corrected chi connectivity index (χ1v) is 7.09. The Hall–Kier alpha value is -1.02. The van der Waals surface area contributed by atoms with Crippen LogP contribution in [0.15, 0.2) is 24.3 Å². The van der Waals surface area contributed by atoms with Gasteiger partial charge in [0.2, 0.25) is 0 Å². The van der Waals surface area contributed by atoms with Crippen molar-refractivity contribution >= 4 is 0 Å². The van der Waals surface area contributed by atoms with E-state index in [1.165, 1.54) is 18.4 Å². The van der Waals surface area contributed by atoms with Gasteiger partial charge in [0, 0.05) is 13.1 Å². The summed E-state index contributed by atoms with van der Waals surface area (Å²) in [5.74, 6) is 1.76. The Kier molecular flexibility index (Phi) is 4.28. The minimum atomic E-state index is 0.589. The molecule has 1 saturated carbocycles. The average molecular weight is 247 g/mol. The number of rotatable bonds is 7. The van der Waals surface area contributed by atoms with Crippen molar-refractivity contribution < 1.29 is 4.74 Å². The fraction of sp³-hybridized carbons (Fsp3) is 0.625. The molecule has 1 N–H and O–H groups in total. The summed E-state index contributed by atoms with van der Waals surface area (Å²) in [5.41, 5.74) is 1.92. The zero-order valence-corrected chi connectivity index (χ0v) is 11.8. The van der Waals surface area contributed by atoms with Crippen LogP contribution in [0.2, 0.25) is 0 Å². The Balaban J connectivity index is 1.77. The van der Waals surface area contributed by atoms with E-state index in [1.54, 1.807) is 0 Å². The van der Waals surface area contributed by atoms with Crippen LogP contribution < -0.4 is 10.1 Å². The number of hydrogen-bond acceptors (Lipinski definition) is 2. The number of ether oxygens (including phenoxy) is 1. The molecule has 18 heavy (non-hydrogen) atoms. The molecule has 0 aromatic heterocycles. The highest BCUT2D eigenvalue weighted by molar-refractivity contribution is 5.27. The SMILES string of the molecule is CCOc1ccc(CNCC2(C(C)C)CC2)cc1. The van der Waals surface area contributed by atoms with Crippen molar-refractivity contribution in [2.75, 3.05) is 13.2 Å². The Labute approximate surface area is 111 Å². The normalized spacial score (nSPS) is 16.9. The van der Waals surface area contributed by atoms with Crippen LogP contribution in [0.5, 0.6) is 5.75 Å². The van der Waals surface area contributed by atoms with Crippen LogP contribution in [0, 0.1) is 11.3 Å². The largest absolute Gasteiger partial charge is 0.494 e. The predicted octanol–water partition coefficient (Wildman–Crippen LogP) is 3.61. The van der Waals surface area contributed by atoms with Gasteiger partial charge in [-0.15, -0.1) is 0 Å². The molecule has 1 aromatic rings. The lowest BCUT2D eigenvalue weighted by molar-refractivity contribution is 0.336. The van der Waals surface area contributed by atoms with E-state index in [-0.39, 0.29) is 0 Å². The van der Waals surface area contributed by atoms with Crippen molar-refractivity contribution in [2.24, 2.45) is 11.3 Å². The maximum Gasteiger partial charge on any atom is 0.119 e. The number of hydrogen-bond donors (Lipinski definition) is 1. The van der Waals surface area contributed by atoms with Crippen molar-refractivity contribution in [1.82, 2.24) is 5.32 Å². The van der Waals surface area contributed by atoms with Gasteiger partial charge in [-0.05, 0) is 48.8 Å². The minimum absolute atomic E-state index is 0.589. The molecule has 1 aliphatic rings. The maximum absolute atomic E-state index is 5.44. The number of benzene rings is 1. The van der Waals surface area contributed by atoms with Crippen molar-refractivity contribution in [1.29, 1.82) is 0 Å². The fourth-order valence-electron chi connectivity index (χ4n) is 2.44. The lowest BCUT2D eigenvalue weighted by atomic mass is 9.92. The zero-order chi connectivity index (χ0) is 13.0. The molecule has 0 unspecified atom stereocenters. The first kappa shape index (κ1) is 13.4. The van der Waals surface area contributed by atoms with E-state index in [1.807, 2.05) is 6.92 Å². The lowest BCUT2D eigenvalue weighted by Gasteiger charge is -2.20. The summed E-state index contributed by atoms with van der Waals surface area (Å²) in [5, 5.41) is 3.60. The predicted molar refractivity (Wildman–Crippen MR) is 75.8 cm³/mol. The quantitative estimate of drug-likeness (QED) is 0.794. The van der Waals surface area contributed by atoms with Crippen molar-refractivity contribution in [3.05, 3.63) is 29.8 Å². The van der Waals surface area contributed by atoms with Gasteiger partial charge < -0.3 is 10.1 Å². The summed E-state index contributed by atoms with van der Waals surface area (Å²) in [6.07, 6.45) is 2.78. The minimum Gasteiger partial charge on any atom is -0.494 e. The lowest BCUT2D eigenvalue weighted by Crippen LogP contribution is -2.27. The van der Waals surface area contributed by atoms with Crippen LogP contribution in [0.25, 0.3) is 0 Å². The van der Waals surface area contributed by atoms with Crippen LogP contribution in [0.3, 0.4) is 0 Å². The standard InChI is InChI=1S/C16H25NO/c1-4-18-15-7-5-14(6-8-15)11-17-12-16(9-10-16)13(2)3/h5-8,13,17H,4,9-12H2,1-3H3. The summed E-state index contributed by atoms with van der Waals surface area (Å²) in [6.45, 7) is 9.53. The highest BCUT2D eigenvalue weighted by Crippen LogP contribution is 2.51. The molecule has 0 bridgehead atoms. The van der Waals surface area contributed by atoms with Crippen molar-refractivity contribution in [3.63, 3.8) is 0 Å². The van der Waals surface area contributed by atoms with Crippen molar-refractivity contribution in [2.45, 2.75) is 40.2 Å². The Bertz CT molecular complexity index is 365. The van der Waals surface area contributed by atoms with E-state index >= 15 is 0 Å². The van der Waals surface area contributed by atoms with E-state index in [2.05, 4.69) is 43.4 Å². The smallest absolute Gasteiger partial charge is 0.119 e. The molecule has 2 rings (SSSR count). The second-order valence-electron chi connectivity index (χ2n) is 5.70. The van der Waals surface area contributed by atoms with Gasteiger partial charge in [0.1, 0.15) is 5.75 Å². The monoisotopic (exact) mass is 247 g/mol. The zero-order valence-electron chi connectivity index (χ0n) is 11.8. The third-order valence-corrected chi connectivity index (χ3v) is 4.16. The summed E-state index contributed by atoms with van der Waals surface area (Å²) < 4.78 is 5.44. The second kappa shape index (κ2) is 5.75. The van der Waals surface area contributed by atoms with E-state index in [9.17, 15) is 0 Å². The fourth-order valence-corrected chi connectivity index (χ4v) is 2.44. The van der Waals surface area contributed by atoms with Gasteiger partial charge >= 0.3 is 0 Å². The van der Waals surface area contributed by atoms with Crippen molar-refractivity contribution in [3.8, 4) is 5.75 Å². The first-order chi connectivity index (χ1) is 8.66. The summed E-state index contributed by atoms with van der Waals surface area (Å²) in [6, 6.07) is 8.39. The van der Waals surface area contributed by atoms with Gasteiger partial charge in [0.05, 0.1) is 6.61 Å². The molecule has 2 nitrogen and oxygen atoms in total. The third kappa shape index (κ3) is 3.26. The second-order valence-corrected chi connectivity index (χ2v) is 5.70. The maximum atomic E-state index is 5.44. The molecule has 0 amide bonds. The third-order valence-electron chi connectivity index (χ3n) is 4.16. The molecular formula is C16H25NO. The highest BCUT2D eigenvalue weighted by Gasteiger charge is 2.44. The number of nitrogens with one attached hydrogen (secondary N) is 1. The summed E-state index contributed by atoms with van der Waals surface area (Å²) in [7, 11) is 0. The van der Waals surface area contributed by atoms with Gasteiger partial charge in [-0.3, -0.25) is 0 Å². The Morgan fingerprint density at radius 2 is 1.89 bits per heavy atom. The molecule has 0 aliphatic heterocycles. The van der Waals surface area contributed by atoms with Crippen LogP contribution in [0.4, 0.5) is 0 Å². The molecule has 0 saturated heterocycles. The summed E-state index contributed by atoms with van der Waals surface area (Å²) in [4.78, 5) is 0. The molecule has 0 radical (unpaired) electrons. The Morgan fingerprint density at radius 1 is 1.22 bits per heavy atom. The first-order valence-electron chi connectivity index (χ1n) is 7.09. The van der Waals surface area contributed by atoms with Crippen LogP contribution >= 0.6 is 0 Å². The molecule has 0 spiro atoms.